The molecular formula is C7H15NO2. The van der Waals surface area contributed by atoms with Gasteiger partial charge in [-0.1, -0.05) is 19.0 Å². The lowest BCUT2D eigenvalue weighted by atomic mass is 10.0. The third-order valence-corrected chi connectivity index (χ3v) is 1.39. The molecule has 0 heterocycles. The summed E-state index contributed by atoms with van der Waals surface area (Å²) < 4.78 is 0. The molecule has 0 unspecified atom stereocenters. The van der Waals surface area contributed by atoms with Gasteiger partial charge in [-0.25, -0.2) is 0 Å². The van der Waals surface area contributed by atoms with Crippen LogP contribution in [-0.4, -0.2) is 22.6 Å². The van der Waals surface area contributed by atoms with E-state index < -0.39 is 0 Å². The van der Waals surface area contributed by atoms with Crippen LogP contribution in [0.4, 0.5) is 0 Å². The van der Waals surface area contributed by atoms with E-state index >= 15 is 0 Å². The summed E-state index contributed by atoms with van der Waals surface area (Å²) in [6.45, 7) is 4.09. The van der Waals surface area contributed by atoms with Gasteiger partial charge in [-0.2, -0.15) is 0 Å². The lowest BCUT2D eigenvalue weighted by Crippen LogP contribution is -2.07. The summed E-state index contributed by atoms with van der Waals surface area (Å²) in [6, 6.07) is 0. The Balaban J connectivity index is 3.63. The summed E-state index contributed by atoms with van der Waals surface area (Å²) in [7, 11) is 0. The molecule has 0 bridgehead atoms. The van der Waals surface area contributed by atoms with Crippen LogP contribution >= 0.6 is 0 Å². The van der Waals surface area contributed by atoms with Gasteiger partial charge in [0.15, 0.2) is 0 Å². The van der Waals surface area contributed by atoms with Gasteiger partial charge in [-0.15, -0.1) is 0 Å². The van der Waals surface area contributed by atoms with Crippen LogP contribution in [0.15, 0.2) is 5.16 Å². The molecule has 3 nitrogen and oxygen atoms in total. The Morgan fingerprint density at radius 3 is 2.40 bits per heavy atom. The van der Waals surface area contributed by atoms with E-state index in [4.69, 9.17) is 10.3 Å². The highest BCUT2D eigenvalue weighted by molar-refractivity contribution is 5.85. The average Bonchev–Trinajstić information content (AvgIpc) is 1.89. The predicted molar refractivity (Wildman–Crippen MR) is 40.4 cm³/mol. The van der Waals surface area contributed by atoms with E-state index in [1.165, 1.54) is 0 Å². The summed E-state index contributed by atoms with van der Waals surface area (Å²) in [4.78, 5) is 0. The van der Waals surface area contributed by atoms with E-state index in [9.17, 15) is 0 Å². The molecule has 2 N–H and O–H groups in total. The predicted octanol–water partition coefficient (Wildman–Crippen LogP) is 1.25. The molecule has 10 heavy (non-hydrogen) atoms. The van der Waals surface area contributed by atoms with Gasteiger partial charge >= 0.3 is 0 Å². The van der Waals surface area contributed by atoms with Crippen molar-refractivity contribution in [2.75, 3.05) is 6.61 Å². The molecule has 0 radical (unpaired) electrons. The minimum absolute atomic E-state index is 0.158. The smallest absolute Gasteiger partial charge is 0.0597 e. The van der Waals surface area contributed by atoms with Crippen LogP contribution in [-0.2, 0) is 0 Å². The Hall–Kier alpha value is -0.570. The molecule has 0 aromatic heterocycles. The summed E-state index contributed by atoms with van der Waals surface area (Å²) in [5, 5.41) is 20.0. The molecule has 0 rings (SSSR count). The summed E-state index contributed by atoms with van der Waals surface area (Å²) >= 11 is 0. The second kappa shape index (κ2) is 5.23. The van der Waals surface area contributed by atoms with Crippen molar-refractivity contribution in [3.8, 4) is 0 Å². The minimum atomic E-state index is 0.158. The van der Waals surface area contributed by atoms with Crippen LogP contribution in [0, 0.1) is 5.92 Å². The van der Waals surface area contributed by atoms with E-state index in [2.05, 4.69) is 5.16 Å². The first-order valence-corrected chi connectivity index (χ1v) is 3.54. The summed E-state index contributed by atoms with van der Waals surface area (Å²) in [5.74, 6) is 0.275. The van der Waals surface area contributed by atoms with E-state index in [0.717, 1.165) is 5.71 Å². The molecule has 0 aliphatic rings. The number of nitrogens with zero attached hydrogens (tertiary/aromatic N) is 1. The highest BCUT2D eigenvalue weighted by atomic mass is 16.4. The molecule has 60 valence electrons. The van der Waals surface area contributed by atoms with Gasteiger partial charge in [0.05, 0.1) is 5.71 Å². The van der Waals surface area contributed by atoms with E-state index in [1.807, 2.05) is 13.8 Å². The third kappa shape index (κ3) is 3.45. The molecule has 0 amide bonds. The topological polar surface area (TPSA) is 52.8 Å². The maximum absolute atomic E-state index is 8.46. The second-order valence-corrected chi connectivity index (χ2v) is 2.57. The van der Waals surface area contributed by atoms with Crippen molar-refractivity contribution in [2.45, 2.75) is 26.7 Å². The van der Waals surface area contributed by atoms with E-state index in [-0.39, 0.29) is 12.5 Å². The van der Waals surface area contributed by atoms with Crippen LogP contribution in [0.2, 0.25) is 0 Å². The highest BCUT2D eigenvalue weighted by Gasteiger charge is 2.03. The summed E-state index contributed by atoms with van der Waals surface area (Å²) in [5.41, 5.74) is 0.758. The fraction of sp³-hybridized carbons (Fsp3) is 0.857. The van der Waals surface area contributed by atoms with Gasteiger partial charge in [0.1, 0.15) is 0 Å². The zero-order valence-corrected chi connectivity index (χ0v) is 6.54. The number of rotatable bonds is 4. The van der Waals surface area contributed by atoms with Crippen LogP contribution in [0.25, 0.3) is 0 Å². The second-order valence-electron chi connectivity index (χ2n) is 2.57. The Kier molecular flexibility index (Phi) is 4.94. The summed E-state index contributed by atoms with van der Waals surface area (Å²) in [6.07, 6.45) is 1.36. The van der Waals surface area contributed by atoms with Crippen molar-refractivity contribution in [2.24, 2.45) is 11.1 Å². The van der Waals surface area contributed by atoms with Crippen LogP contribution < -0.4 is 0 Å². The van der Waals surface area contributed by atoms with Crippen molar-refractivity contribution in [1.82, 2.24) is 0 Å². The molecule has 0 spiro atoms. The van der Waals surface area contributed by atoms with Gasteiger partial charge in [0, 0.05) is 6.61 Å². The van der Waals surface area contributed by atoms with Crippen molar-refractivity contribution in [1.29, 1.82) is 0 Å². The Bertz CT molecular complexity index is 110. The largest absolute Gasteiger partial charge is 0.411 e. The SMILES string of the molecule is CC(C)/C(CCCO)=N/O. The molecule has 0 fully saturated rings. The molecule has 3 heteroatoms. The normalized spacial score (nSPS) is 12.6. The highest BCUT2D eigenvalue weighted by Crippen LogP contribution is 2.03. The van der Waals surface area contributed by atoms with Crippen LogP contribution in [0.3, 0.4) is 0 Å². The number of hydrogen-bond donors (Lipinski definition) is 2. The number of aliphatic hydroxyl groups is 1. The quantitative estimate of drug-likeness (QED) is 0.355. The van der Waals surface area contributed by atoms with Gasteiger partial charge in [0.25, 0.3) is 0 Å². The third-order valence-electron chi connectivity index (χ3n) is 1.39. The molecule has 0 saturated heterocycles. The van der Waals surface area contributed by atoms with E-state index in [1.54, 1.807) is 0 Å². The van der Waals surface area contributed by atoms with Gasteiger partial charge in [0.2, 0.25) is 0 Å². The first kappa shape index (κ1) is 9.43. The van der Waals surface area contributed by atoms with Crippen LogP contribution in [0.1, 0.15) is 26.7 Å². The molecule has 0 aliphatic heterocycles. The molecular weight excluding hydrogens is 130 g/mol. The van der Waals surface area contributed by atoms with Gasteiger partial charge < -0.3 is 10.3 Å². The van der Waals surface area contributed by atoms with Crippen molar-refractivity contribution < 1.29 is 10.3 Å². The molecule has 0 aliphatic carbocycles. The lowest BCUT2D eigenvalue weighted by Gasteiger charge is -2.05. The fourth-order valence-electron chi connectivity index (χ4n) is 0.714. The zero-order chi connectivity index (χ0) is 7.98. The first-order chi connectivity index (χ1) is 4.72. The fourth-order valence-corrected chi connectivity index (χ4v) is 0.714. The maximum atomic E-state index is 8.46. The lowest BCUT2D eigenvalue weighted by molar-refractivity contribution is 0.287. The Labute approximate surface area is 61.4 Å². The average molecular weight is 145 g/mol. The Morgan fingerprint density at radius 2 is 2.10 bits per heavy atom. The molecule has 0 aromatic rings. The van der Waals surface area contributed by atoms with Crippen LogP contribution in [0.5, 0.6) is 0 Å². The maximum Gasteiger partial charge on any atom is 0.0597 e. The number of aliphatic hydroxyl groups excluding tert-OH is 1. The number of oxime groups is 1. The monoisotopic (exact) mass is 145 g/mol. The first-order valence-electron chi connectivity index (χ1n) is 3.54. The van der Waals surface area contributed by atoms with Crippen molar-refractivity contribution >= 4 is 5.71 Å². The minimum Gasteiger partial charge on any atom is -0.411 e. The molecule has 0 atom stereocenters. The zero-order valence-electron chi connectivity index (χ0n) is 6.54. The van der Waals surface area contributed by atoms with Crippen molar-refractivity contribution in [3.05, 3.63) is 0 Å². The Morgan fingerprint density at radius 1 is 1.50 bits per heavy atom. The number of hydrogen-bond acceptors (Lipinski definition) is 3. The van der Waals surface area contributed by atoms with Crippen molar-refractivity contribution in [3.63, 3.8) is 0 Å². The molecule has 0 aromatic carbocycles. The van der Waals surface area contributed by atoms with Gasteiger partial charge in [-0.3, -0.25) is 0 Å². The standard InChI is InChI=1S/C7H15NO2/c1-6(2)7(8-10)4-3-5-9/h6,9-10H,3-5H2,1-2H3/b8-7+. The molecule has 0 saturated carbocycles. The van der Waals surface area contributed by atoms with E-state index in [0.29, 0.717) is 12.8 Å². The van der Waals surface area contributed by atoms with Gasteiger partial charge in [-0.05, 0) is 18.8 Å².